The first-order chi connectivity index (χ1) is 13.2. The maximum Gasteiger partial charge on any atom is 0.263 e. The molecule has 154 valence electrons. The molecule has 1 unspecified atom stereocenters. The van der Waals surface area contributed by atoms with Gasteiger partial charge in [-0.25, -0.2) is 0 Å². The molecule has 0 aliphatic heterocycles. The SMILES string of the molecule is CCOc1ccc(C)cc1C(C)NC(=O)/C(C#N)=C\N(CC(C)C)CC(C)C. The first-order valence-electron chi connectivity index (χ1n) is 10.1. The van der Waals surface area contributed by atoms with Gasteiger partial charge in [0, 0.05) is 24.9 Å². The smallest absolute Gasteiger partial charge is 0.263 e. The van der Waals surface area contributed by atoms with Gasteiger partial charge in [-0.1, -0.05) is 45.4 Å². The monoisotopic (exact) mass is 385 g/mol. The van der Waals surface area contributed by atoms with Crippen LogP contribution in [-0.4, -0.2) is 30.5 Å². The number of rotatable bonds is 10. The molecule has 0 heterocycles. The number of amides is 1. The maximum absolute atomic E-state index is 12.7. The molecular weight excluding hydrogens is 350 g/mol. The summed E-state index contributed by atoms with van der Waals surface area (Å²) in [7, 11) is 0. The van der Waals surface area contributed by atoms with Crippen molar-refractivity contribution in [3.8, 4) is 11.8 Å². The molecule has 1 aromatic rings. The molecule has 1 atom stereocenters. The van der Waals surface area contributed by atoms with Gasteiger partial charge in [0.05, 0.1) is 12.6 Å². The first-order valence-corrected chi connectivity index (χ1v) is 10.1. The van der Waals surface area contributed by atoms with Gasteiger partial charge in [-0.15, -0.1) is 0 Å². The molecule has 28 heavy (non-hydrogen) atoms. The average Bonchev–Trinajstić information content (AvgIpc) is 2.59. The predicted octanol–water partition coefficient (Wildman–Crippen LogP) is 4.59. The Morgan fingerprint density at radius 2 is 1.82 bits per heavy atom. The van der Waals surface area contributed by atoms with E-state index in [0.29, 0.717) is 18.4 Å². The van der Waals surface area contributed by atoms with Gasteiger partial charge in [0.15, 0.2) is 0 Å². The van der Waals surface area contributed by atoms with Crippen molar-refractivity contribution >= 4 is 5.91 Å². The summed E-state index contributed by atoms with van der Waals surface area (Å²) in [6.07, 6.45) is 1.70. The minimum absolute atomic E-state index is 0.124. The topological polar surface area (TPSA) is 65.4 Å². The van der Waals surface area contributed by atoms with Crippen LogP contribution >= 0.6 is 0 Å². The Morgan fingerprint density at radius 1 is 1.21 bits per heavy atom. The number of nitrogens with zero attached hydrogens (tertiary/aromatic N) is 2. The third-order valence-electron chi connectivity index (χ3n) is 4.16. The summed E-state index contributed by atoms with van der Waals surface area (Å²) < 4.78 is 5.69. The molecule has 0 aliphatic rings. The van der Waals surface area contributed by atoms with Crippen molar-refractivity contribution in [3.63, 3.8) is 0 Å². The van der Waals surface area contributed by atoms with Crippen LogP contribution in [0.25, 0.3) is 0 Å². The molecule has 0 fully saturated rings. The molecule has 1 N–H and O–H groups in total. The minimum atomic E-state index is -0.364. The van der Waals surface area contributed by atoms with Gasteiger partial charge in [-0.2, -0.15) is 5.26 Å². The van der Waals surface area contributed by atoms with Crippen molar-refractivity contribution in [1.29, 1.82) is 5.26 Å². The fourth-order valence-corrected chi connectivity index (χ4v) is 3.08. The Morgan fingerprint density at radius 3 is 2.32 bits per heavy atom. The third-order valence-corrected chi connectivity index (χ3v) is 4.16. The molecule has 5 heteroatoms. The summed E-state index contributed by atoms with van der Waals surface area (Å²) in [5.41, 5.74) is 2.13. The van der Waals surface area contributed by atoms with Gasteiger partial charge in [0.25, 0.3) is 5.91 Å². The molecule has 0 radical (unpaired) electrons. The van der Waals surface area contributed by atoms with E-state index in [-0.39, 0.29) is 17.5 Å². The predicted molar refractivity (Wildman–Crippen MR) is 114 cm³/mol. The second-order valence-corrected chi connectivity index (χ2v) is 8.07. The van der Waals surface area contributed by atoms with Gasteiger partial charge in [0.2, 0.25) is 0 Å². The summed E-state index contributed by atoms with van der Waals surface area (Å²) in [4.78, 5) is 14.8. The van der Waals surface area contributed by atoms with E-state index in [0.717, 1.165) is 30.0 Å². The highest BCUT2D eigenvalue weighted by molar-refractivity contribution is 5.97. The molecule has 0 saturated carbocycles. The number of carbonyl (C=O) groups excluding carboxylic acids is 1. The highest BCUT2D eigenvalue weighted by Crippen LogP contribution is 2.26. The second kappa shape index (κ2) is 11.4. The minimum Gasteiger partial charge on any atom is -0.494 e. The number of aryl methyl sites for hydroxylation is 1. The Labute approximate surface area is 170 Å². The van der Waals surface area contributed by atoms with E-state index in [9.17, 15) is 10.1 Å². The number of benzene rings is 1. The summed E-state index contributed by atoms with van der Waals surface area (Å²) >= 11 is 0. The van der Waals surface area contributed by atoms with E-state index in [1.165, 1.54) is 0 Å². The summed E-state index contributed by atoms with van der Waals surface area (Å²) in [5, 5.41) is 12.5. The van der Waals surface area contributed by atoms with E-state index in [2.05, 4.69) is 44.0 Å². The summed E-state index contributed by atoms with van der Waals surface area (Å²) in [5.74, 6) is 1.28. The van der Waals surface area contributed by atoms with Crippen LogP contribution in [0.2, 0.25) is 0 Å². The molecule has 0 spiro atoms. The molecule has 1 aromatic carbocycles. The van der Waals surface area contributed by atoms with Crippen LogP contribution in [0.3, 0.4) is 0 Å². The van der Waals surface area contributed by atoms with Crippen molar-refractivity contribution in [1.82, 2.24) is 10.2 Å². The van der Waals surface area contributed by atoms with Crippen molar-refractivity contribution in [2.24, 2.45) is 11.8 Å². The Hall–Kier alpha value is -2.48. The zero-order valence-electron chi connectivity index (χ0n) is 18.4. The van der Waals surface area contributed by atoms with Gasteiger partial charge < -0.3 is 15.0 Å². The number of carbonyl (C=O) groups is 1. The van der Waals surface area contributed by atoms with Crippen molar-refractivity contribution in [2.75, 3.05) is 19.7 Å². The largest absolute Gasteiger partial charge is 0.494 e. The van der Waals surface area contributed by atoms with Gasteiger partial charge in [-0.3, -0.25) is 4.79 Å². The highest BCUT2D eigenvalue weighted by atomic mass is 16.5. The molecular formula is C23H35N3O2. The second-order valence-electron chi connectivity index (χ2n) is 8.07. The number of hydrogen-bond donors (Lipinski definition) is 1. The van der Waals surface area contributed by atoms with E-state index in [4.69, 9.17) is 4.74 Å². The van der Waals surface area contributed by atoms with Crippen molar-refractivity contribution in [3.05, 3.63) is 41.1 Å². The summed E-state index contributed by atoms with van der Waals surface area (Å²) in [6.45, 7) is 16.5. The molecule has 0 saturated heterocycles. The van der Waals surface area contributed by atoms with E-state index < -0.39 is 0 Å². The van der Waals surface area contributed by atoms with Crippen LogP contribution in [0.4, 0.5) is 0 Å². The standard InChI is InChI=1S/C23H35N3O2/c1-8-28-22-10-9-18(6)11-21(22)19(7)25-23(27)20(12-24)15-26(13-16(2)3)14-17(4)5/h9-11,15-17,19H,8,13-14H2,1-7H3,(H,25,27)/b20-15-. The number of hydrogen-bond acceptors (Lipinski definition) is 4. The molecule has 0 aliphatic carbocycles. The average molecular weight is 386 g/mol. The van der Waals surface area contributed by atoms with Crippen LogP contribution in [-0.2, 0) is 4.79 Å². The zero-order chi connectivity index (χ0) is 21.3. The van der Waals surface area contributed by atoms with Crippen molar-refractivity contribution < 1.29 is 9.53 Å². The lowest BCUT2D eigenvalue weighted by Gasteiger charge is -2.25. The fraction of sp³-hybridized carbons (Fsp3) is 0.565. The normalized spacial score (nSPS) is 12.6. The van der Waals surface area contributed by atoms with Crippen LogP contribution in [0.5, 0.6) is 5.75 Å². The van der Waals surface area contributed by atoms with Crippen molar-refractivity contribution in [2.45, 2.75) is 54.5 Å². The lowest BCUT2D eigenvalue weighted by atomic mass is 10.0. The lowest BCUT2D eigenvalue weighted by molar-refractivity contribution is -0.117. The fourth-order valence-electron chi connectivity index (χ4n) is 3.08. The Kier molecular flexibility index (Phi) is 9.58. The van der Waals surface area contributed by atoms with Crippen LogP contribution < -0.4 is 10.1 Å². The molecule has 1 amide bonds. The van der Waals surface area contributed by atoms with Crippen LogP contribution in [0, 0.1) is 30.1 Å². The molecule has 0 aromatic heterocycles. The van der Waals surface area contributed by atoms with E-state index in [1.54, 1.807) is 6.20 Å². The Bertz CT molecular complexity index is 707. The zero-order valence-corrected chi connectivity index (χ0v) is 18.4. The van der Waals surface area contributed by atoms with Gasteiger partial charge in [0.1, 0.15) is 17.4 Å². The summed E-state index contributed by atoms with van der Waals surface area (Å²) in [6, 6.07) is 7.71. The molecule has 1 rings (SSSR count). The van der Waals surface area contributed by atoms with E-state index in [1.807, 2.05) is 39.0 Å². The molecule has 5 nitrogen and oxygen atoms in total. The number of nitrogens with one attached hydrogen (secondary N) is 1. The highest BCUT2D eigenvalue weighted by Gasteiger charge is 2.18. The quantitative estimate of drug-likeness (QED) is 0.472. The number of ether oxygens (including phenoxy) is 1. The van der Waals surface area contributed by atoms with Crippen LogP contribution in [0.15, 0.2) is 30.0 Å². The maximum atomic E-state index is 12.7. The Balaban J connectivity index is 3.02. The first kappa shape index (κ1) is 23.6. The van der Waals surface area contributed by atoms with Gasteiger partial charge >= 0.3 is 0 Å². The van der Waals surface area contributed by atoms with Crippen LogP contribution in [0.1, 0.15) is 58.7 Å². The third kappa shape index (κ3) is 7.64. The number of nitriles is 1. The lowest BCUT2D eigenvalue weighted by Crippen LogP contribution is -2.31. The van der Waals surface area contributed by atoms with Gasteiger partial charge in [-0.05, 0) is 38.7 Å². The molecule has 0 bridgehead atoms. The van der Waals surface area contributed by atoms with E-state index >= 15 is 0 Å².